The van der Waals surface area contributed by atoms with Crippen LogP contribution in [0, 0.1) is 5.41 Å². The van der Waals surface area contributed by atoms with Crippen molar-refractivity contribution in [2.24, 2.45) is 5.41 Å². The van der Waals surface area contributed by atoms with Gasteiger partial charge < -0.3 is 9.69 Å². The fraction of sp³-hybridized carbons (Fsp3) is 0.615. The second kappa shape index (κ2) is 3.93. The van der Waals surface area contributed by atoms with E-state index >= 15 is 0 Å². The van der Waals surface area contributed by atoms with E-state index in [0.29, 0.717) is 0 Å². The van der Waals surface area contributed by atoms with Crippen LogP contribution >= 0.6 is 0 Å². The van der Waals surface area contributed by atoms with Crippen LogP contribution in [0.5, 0.6) is 0 Å². The van der Waals surface area contributed by atoms with Crippen molar-refractivity contribution in [2.75, 3.05) is 19.6 Å². The highest BCUT2D eigenvalue weighted by atomic mass is 16.1. The highest BCUT2D eigenvalue weighted by molar-refractivity contribution is 5.68. The molecule has 2 nitrogen and oxygen atoms in total. The summed E-state index contributed by atoms with van der Waals surface area (Å²) in [4.78, 5) is 13.8. The molecule has 2 aliphatic rings. The number of hydrogen-bond donors (Lipinski definition) is 0. The lowest BCUT2D eigenvalue weighted by Gasteiger charge is -2.42. The van der Waals surface area contributed by atoms with Gasteiger partial charge in [0.2, 0.25) is 0 Å². The molecule has 0 bridgehead atoms. The zero-order chi connectivity index (χ0) is 10.9. The number of allylic oxidation sites excluding steroid dienone is 3. The lowest BCUT2D eigenvalue weighted by molar-refractivity contribution is -0.116. The molecule has 1 aliphatic heterocycles. The van der Waals surface area contributed by atoms with Crippen molar-refractivity contribution < 1.29 is 4.79 Å². The predicted molar refractivity (Wildman–Crippen MR) is 61.7 cm³/mol. The molecule has 0 aromatic rings. The largest absolute Gasteiger partial charge is 0.302 e. The third-order valence-corrected chi connectivity index (χ3v) is 3.71. The molecule has 1 fully saturated rings. The van der Waals surface area contributed by atoms with Crippen LogP contribution in [-0.4, -0.2) is 30.8 Å². The fourth-order valence-corrected chi connectivity index (χ4v) is 2.63. The van der Waals surface area contributed by atoms with Crippen LogP contribution < -0.4 is 0 Å². The van der Waals surface area contributed by atoms with Crippen LogP contribution in [0.3, 0.4) is 0 Å². The standard InChI is InChI=1S/C13H19NO/c1-3-14-7-5-12-8-11(2)4-6-13(12,9-14)10-15/h4,8,10H,3,5-7,9H2,1-2H3. The summed E-state index contributed by atoms with van der Waals surface area (Å²) in [6.45, 7) is 7.34. The van der Waals surface area contributed by atoms with Crippen LogP contribution in [0.15, 0.2) is 23.3 Å². The number of piperidine rings is 1. The molecule has 2 heteroatoms. The lowest BCUT2D eigenvalue weighted by atomic mass is 9.71. The third kappa shape index (κ3) is 1.78. The van der Waals surface area contributed by atoms with Gasteiger partial charge >= 0.3 is 0 Å². The SMILES string of the molecule is CCN1CCC2=CC(C)=CCC2(C=O)C1. The predicted octanol–water partition coefficient (Wildman–Crippen LogP) is 2.17. The van der Waals surface area contributed by atoms with Gasteiger partial charge in [-0.1, -0.05) is 30.2 Å². The van der Waals surface area contributed by atoms with Crippen LogP contribution in [-0.2, 0) is 4.79 Å². The molecular weight excluding hydrogens is 186 g/mol. The monoisotopic (exact) mass is 205 g/mol. The van der Waals surface area contributed by atoms with Gasteiger partial charge in [-0.3, -0.25) is 0 Å². The van der Waals surface area contributed by atoms with Crippen molar-refractivity contribution in [1.29, 1.82) is 0 Å². The highest BCUT2D eigenvalue weighted by Gasteiger charge is 2.39. The number of aldehydes is 1. The zero-order valence-electron chi connectivity index (χ0n) is 9.62. The molecule has 1 heterocycles. The zero-order valence-corrected chi connectivity index (χ0v) is 9.62. The van der Waals surface area contributed by atoms with Crippen molar-refractivity contribution in [1.82, 2.24) is 4.90 Å². The minimum Gasteiger partial charge on any atom is -0.302 e. The van der Waals surface area contributed by atoms with Crippen molar-refractivity contribution in [2.45, 2.75) is 26.7 Å². The van der Waals surface area contributed by atoms with Gasteiger partial charge in [0.1, 0.15) is 6.29 Å². The molecule has 0 aromatic carbocycles. The summed E-state index contributed by atoms with van der Waals surface area (Å²) in [6, 6.07) is 0. The Bertz CT molecular complexity index is 329. The molecule has 0 amide bonds. The van der Waals surface area contributed by atoms with Crippen LogP contribution in [0.4, 0.5) is 0 Å². The summed E-state index contributed by atoms with van der Waals surface area (Å²) in [6.07, 6.45) is 7.52. The first kappa shape index (κ1) is 10.6. The summed E-state index contributed by atoms with van der Waals surface area (Å²) in [5.41, 5.74) is 2.46. The van der Waals surface area contributed by atoms with Crippen molar-refractivity contribution in [3.05, 3.63) is 23.3 Å². The van der Waals surface area contributed by atoms with Gasteiger partial charge in [-0.15, -0.1) is 0 Å². The quantitative estimate of drug-likeness (QED) is 0.644. The van der Waals surface area contributed by atoms with Crippen molar-refractivity contribution in [3.63, 3.8) is 0 Å². The van der Waals surface area contributed by atoms with Gasteiger partial charge in [-0.25, -0.2) is 0 Å². The Morgan fingerprint density at radius 3 is 3.07 bits per heavy atom. The summed E-state index contributed by atoms with van der Waals surface area (Å²) in [5, 5.41) is 0. The maximum absolute atomic E-state index is 11.4. The van der Waals surface area contributed by atoms with Crippen LogP contribution in [0.25, 0.3) is 0 Å². The molecule has 1 unspecified atom stereocenters. The Morgan fingerprint density at radius 1 is 1.60 bits per heavy atom. The fourth-order valence-electron chi connectivity index (χ4n) is 2.63. The van der Waals surface area contributed by atoms with E-state index in [2.05, 4.69) is 30.9 Å². The minimum atomic E-state index is -0.201. The molecule has 0 N–H and O–H groups in total. The first-order valence-electron chi connectivity index (χ1n) is 5.77. The minimum absolute atomic E-state index is 0.201. The smallest absolute Gasteiger partial charge is 0.131 e. The maximum Gasteiger partial charge on any atom is 0.131 e. The van der Waals surface area contributed by atoms with Crippen LogP contribution in [0.1, 0.15) is 26.7 Å². The molecule has 0 saturated carbocycles. The third-order valence-electron chi connectivity index (χ3n) is 3.71. The Morgan fingerprint density at radius 2 is 2.40 bits per heavy atom. The summed E-state index contributed by atoms with van der Waals surface area (Å²) in [5.74, 6) is 0. The summed E-state index contributed by atoms with van der Waals surface area (Å²) < 4.78 is 0. The normalized spacial score (nSPS) is 31.6. The van der Waals surface area contributed by atoms with E-state index in [-0.39, 0.29) is 5.41 Å². The number of fused-ring (bicyclic) bond motifs is 1. The first-order chi connectivity index (χ1) is 7.20. The van der Waals surface area contributed by atoms with E-state index in [1.807, 2.05) is 0 Å². The Hall–Kier alpha value is -0.890. The van der Waals surface area contributed by atoms with Gasteiger partial charge in [-0.2, -0.15) is 0 Å². The average molecular weight is 205 g/mol. The van der Waals surface area contributed by atoms with E-state index in [9.17, 15) is 4.79 Å². The average Bonchev–Trinajstić information content (AvgIpc) is 2.28. The van der Waals surface area contributed by atoms with E-state index in [0.717, 1.165) is 32.5 Å². The number of nitrogens with zero attached hydrogens (tertiary/aromatic N) is 1. The number of likely N-dealkylation sites (tertiary alicyclic amines) is 1. The molecule has 0 spiro atoms. The van der Waals surface area contributed by atoms with Crippen molar-refractivity contribution >= 4 is 6.29 Å². The molecule has 0 aromatic heterocycles. The topological polar surface area (TPSA) is 20.3 Å². The van der Waals surface area contributed by atoms with E-state index < -0.39 is 0 Å². The second-order valence-electron chi connectivity index (χ2n) is 4.71. The molecule has 15 heavy (non-hydrogen) atoms. The number of carbonyl (C=O) groups is 1. The number of hydrogen-bond acceptors (Lipinski definition) is 2. The van der Waals surface area contributed by atoms with Crippen LogP contribution in [0.2, 0.25) is 0 Å². The Balaban J connectivity index is 2.27. The lowest BCUT2D eigenvalue weighted by Crippen LogP contribution is -2.46. The molecule has 1 aliphatic carbocycles. The molecule has 2 rings (SSSR count). The van der Waals surface area contributed by atoms with Gasteiger partial charge in [0, 0.05) is 13.1 Å². The molecule has 1 atom stereocenters. The van der Waals surface area contributed by atoms with E-state index in [1.165, 1.54) is 17.4 Å². The van der Waals surface area contributed by atoms with E-state index in [1.54, 1.807) is 0 Å². The van der Waals surface area contributed by atoms with Gasteiger partial charge in [0.25, 0.3) is 0 Å². The van der Waals surface area contributed by atoms with Gasteiger partial charge in [0.05, 0.1) is 5.41 Å². The second-order valence-corrected chi connectivity index (χ2v) is 4.71. The highest BCUT2D eigenvalue weighted by Crippen LogP contribution is 2.40. The van der Waals surface area contributed by atoms with Crippen molar-refractivity contribution in [3.8, 4) is 0 Å². The van der Waals surface area contributed by atoms with Gasteiger partial charge in [0.15, 0.2) is 0 Å². The molecule has 82 valence electrons. The molecular formula is C13H19NO. The summed E-state index contributed by atoms with van der Waals surface area (Å²) in [7, 11) is 0. The van der Waals surface area contributed by atoms with Gasteiger partial charge in [-0.05, 0) is 26.3 Å². The Labute approximate surface area is 91.6 Å². The van der Waals surface area contributed by atoms with E-state index in [4.69, 9.17) is 0 Å². The Kier molecular flexibility index (Phi) is 2.79. The molecule has 1 saturated heterocycles. The number of carbonyl (C=O) groups excluding carboxylic acids is 1. The maximum atomic E-state index is 11.4. The summed E-state index contributed by atoms with van der Waals surface area (Å²) >= 11 is 0. The number of rotatable bonds is 2. The first-order valence-corrected chi connectivity index (χ1v) is 5.77. The molecule has 0 radical (unpaired) electrons.